The molecule has 19 heavy (non-hydrogen) atoms. The van der Waals surface area contributed by atoms with Crippen LogP contribution in [0, 0.1) is 17.3 Å². The molecule has 4 N–H and O–H groups in total. The van der Waals surface area contributed by atoms with E-state index in [4.69, 9.17) is 10.9 Å². The summed E-state index contributed by atoms with van der Waals surface area (Å²) < 4.78 is 0. The molecule has 0 spiro atoms. The summed E-state index contributed by atoms with van der Waals surface area (Å²) in [7, 11) is 0. The van der Waals surface area contributed by atoms with Crippen LogP contribution < -0.4 is 11.1 Å². The van der Waals surface area contributed by atoms with E-state index in [1.807, 2.05) is 0 Å². The number of oxime groups is 1. The van der Waals surface area contributed by atoms with Crippen LogP contribution in [0.3, 0.4) is 0 Å². The first-order valence-corrected chi connectivity index (χ1v) is 7.27. The summed E-state index contributed by atoms with van der Waals surface area (Å²) in [5, 5.41) is 15.1. The predicted octanol–water partition coefficient (Wildman–Crippen LogP) is 1.84. The largest absolute Gasteiger partial charge is 0.409 e. The average Bonchev–Trinajstić information content (AvgIpc) is 2.36. The van der Waals surface area contributed by atoms with Crippen LogP contribution in [-0.2, 0) is 4.79 Å². The maximum Gasteiger partial charge on any atom is 0.234 e. The van der Waals surface area contributed by atoms with Crippen LogP contribution in [0.5, 0.6) is 0 Å². The normalized spacial score (nSPS) is 39.5. The van der Waals surface area contributed by atoms with Gasteiger partial charge in [-0.2, -0.15) is 0 Å². The van der Waals surface area contributed by atoms with Gasteiger partial charge in [0.1, 0.15) is 5.41 Å². The summed E-state index contributed by atoms with van der Waals surface area (Å²) in [6, 6.07) is 0.253. The third kappa shape index (κ3) is 2.69. The zero-order valence-corrected chi connectivity index (χ0v) is 11.9. The summed E-state index contributed by atoms with van der Waals surface area (Å²) in [6.07, 6.45) is 5.76. The van der Waals surface area contributed by atoms with Gasteiger partial charge >= 0.3 is 0 Å². The van der Waals surface area contributed by atoms with Gasteiger partial charge in [0.2, 0.25) is 5.91 Å². The molecular formula is C14H25N3O2. The number of nitrogens with zero attached hydrogens (tertiary/aromatic N) is 1. The smallest absolute Gasteiger partial charge is 0.234 e. The summed E-state index contributed by atoms with van der Waals surface area (Å²) in [5.74, 6) is 1.22. The van der Waals surface area contributed by atoms with Crippen molar-refractivity contribution in [3.05, 3.63) is 0 Å². The van der Waals surface area contributed by atoms with Gasteiger partial charge in [0.25, 0.3) is 0 Å². The zero-order chi connectivity index (χ0) is 14.0. The summed E-state index contributed by atoms with van der Waals surface area (Å²) in [4.78, 5) is 12.5. The Balaban J connectivity index is 1.98. The molecule has 5 nitrogen and oxygen atoms in total. The molecule has 2 aliphatic carbocycles. The first kappa shape index (κ1) is 14.2. The second-order valence-electron chi connectivity index (χ2n) is 6.51. The number of nitrogens with two attached hydrogens (primary N) is 1. The van der Waals surface area contributed by atoms with Gasteiger partial charge in [-0.1, -0.05) is 19.0 Å². The van der Waals surface area contributed by atoms with Gasteiger partial charge in [-0.3, -0.25) is 4.79 Å². The second kappa shape index (κ2) is 5.39. The quantitative estimate of drug-likeness (QED) is 0.315. The van der Waals surface area contributed by atoms with Crippen LogP contribution in [0.15, 0.2) is 5.16 Å². The zero-order valence-electron chi connectivity index (χ0n) is 11.9. The Kier molecular flexibility index (Phi) is 4.02. The lowest BCUT2D eigenvalue weighted by Crippen LogP contribution is -2.58. The Hall–Kier alpha value is -1.26. The Bertz CT molecular complexity index is 367. The van der Waals surface area contributed by atoms with Crippen LogP contribution in [0.2, 0.25) is 0 Å². The molecule has 1 amide bonds. The van der Waals surface area contributed by atoms with E-state index >= 15 is 0 Å². The molecule has 0 atom stereocenters. The maximum atomic E-state index is 12.5. The van der Waals surface area contributed by atoms with Crippen molar-refractivity contribution in [3.63, 3.8) is 0 Å². The van der Waals surface area contributed by atoms with Gasteiger partial charge < -0.3 is 16.3 Å². The number of carbonyl (C=O) groups excluding carboxylic acids is 1. The highest BCUT2D eigenvalue weighted by atomic mass is 16.4. The third-order valence-electron chi connectivity index (χ3n) is 4.78. The number of amidine groups is 1. The van der Waals surface area contributed by atoms with Crippen molar-refractivity contribution in [1.82, 2.24) is 5.32 Å². The average molecular weight is 267 g/mol. The SMILES string of the molecule is CC1CCC(NC(=O)C2(C(N)=NO)CC(C)C2)CC1. The van der Waals surface area contributed by atoms with Crippen LogP contribution in [0.25, 0.3) is 0 Å². The predicted molar refractivity (Wildman–Crippen MR) is 73.8 cm³/mol. The molecule has 0 saturated heterocycles. The molecule has 0 bridgehead atoms. The molecule has 0 aromatic rings. The topological polar surface area (TPSA) is 87.7 Å². The van der Waals surface area contributed by atoms with Crippen molar-refractivity contribution in [2.24, 2.45) is 28.1 Å². The lowest BCUT2D eigenvalue weighted by molar-refractivity contribution is -0.134. The number of hydrogen-bond acceptors (Lipinski definition) is 3. The standard InChI is InChI=1S/C14H25N3O2/c1-9-3-5-11(6-4-9)16-13(18)14(12(15)17-19)7-10(2)8-14/h9-11,19H,3-8H2,1-2H3,(H2,15,17)(H,16,18). The van der Waals surface area contributed by atoms with Crippen LogP contribution in [-0.4, -0.2) is 23.0 Å². The Labute approximate surface area is 114 Å². The second-order valence-corrected chi connectivity index (χ2v) is 6.51. The van der Waals surface area contributed by atoms with Crippen molar-refractivity contribution < 1.29 is 10.0 Å². The molecule has 2 fully saturated rings. The highest BCUT2D eigenvalue weighted by molar-refractivity contribution is 6.07. The molecule has 0 aliphatic heterocycles. The molecule has 2 rings (SSSR count). The van der Waals surface area contributed by atoms with Gasteiger partial charge in [-0.25, -0.2) is 0 Å². The van der Waals surface area contributed by atoms with Gasteiger partial charge in [0.05, 0.1) is 0 Å². The molecule has 2 saturated carbocycles. The van der Waals surface area contributed by atoms with E-state index in [0.29, 0.717) is 18.8 Å². The van der Waals surface area contributed by atoms with Crippen molar-refractivity contribution in [1.29, 1.82) is 0 Å². The molecule has 0 heterocycles. The van der Waals surface area contributed by atoms with Crippen molar-refractivity contribution in [3.8, 4) is 0 Å². The van der Waals surface area contributed by atoms with Gasteiger partial charge in [-0.05, 0) is 50.4 Å². The van der Waals surface area contributed by atoms with Gasteiger partial charge in [0, 0.05) is 6.04 Å². The molecular weight excluding hydrogens is 242 g/mol. The minimum absolute atomic E-state index is 0.0551. The maximum absolute atomic E-state index is 12.5. The van der Waals surface area contributed by atoms with E-state index < -0.39 is 5.41 Å². The fraction of sp³-hybridized carbons (Fsp3) is 0.857. The first-order chi connectivity index (χ1) is 8.98. The molecule has 2 aliphatic rings. The summed E-state index contributed by atoms with van der Waals surface area (Å²) in [5.41, 5.74) is 4.98. The van der Waals surface area contributed by atoms with Crippen LogP contribution >= 0.6 is 0 Å². The molecule has 0 aromatic carbocycles. The van der Waals surface area contributed by atoms with E-state index in [1.54, 1.807) is 0 Å². The van der Waals surface area contributed by atoms with Crippen LogP contribution in [0.1, 0.15) is 52.4 Å². The highest BCUT2D eigenvalue weighted by Gasteiger charge is 2.52. The van der Waals surface area contributed by atoms with E-state index in [1.165, 1.54) is 0 Å². The fourth-order valence-electron chi connectivity index (χ4n) is 3.46. The van der Waals surface area contributed by atoms with Gasteiger partial charge in [-0.15, -0.1) is 0 Å². The van der Waals surface area contributed by atoms with Crippen molar-refractivity contribution in [2.45, 2.75) is 58.4 Å². The number of amides is 1. The molecule has 5 heteroatoms. The van der Waals surface area contributed by atoms with E-state index in [9.17, 15) is 4.79 Å². The van der Waals surface area contributed by atoms with E-state index in [-0.39, 0.29) is 17.8 Å². The summed E-state index contributed by atoms with van der Waals surface area (Å²) >= 11 is 0. The lowest BCUT2D eigenvalue weighted by atomic mass is 9.61. The Morgan fingerprint density at radius 2 is 1.79 bits per heavy atom. The minimum Gasteiger partial charge on any atom is -0.409 e. The first-order valence-electron chi connectivity index (χ1n) is 7.27. The van der Waals surface area contributed by atoms with Crippen LogP contribution in [0.4, 0.5) is 0 Å². The van der Waals surface area contributed by atoms with Gasteiger partial charge in [0.15, 0.2) is 5.84 Å². The minimum atomic E-state index is -0.767. The molecule has 0 unspecified atom stereocenters. The van der Waals surface area contributed by atoms with E-state index in [0.717, 1.165) is 31.6 Å². The van der Waals surface area contributed by atoms with Crippen molar-refractivity contribution in [2.75, 3.05) is 0 Å². The summed E-state index contributed by atoms with van der Waals surface area (Å²) in [6.45, 7) is 4.34. The van der Waals surface area contributed by atoms with Crippen molar-refractivity contribution >= 4 is 11.7 Å². The monoisotopic (exact) mass is 267 g/mol. The van der Waals surface area contributed by atoms with E-state index in [2.05, 4.69) is 24.3 Å². The third-order valence-corrected chi connectivity index (χ3v) is 4.78. The Morgan fingerprint density at radius 3 is 2.26 bits per heavy atom. The Morgan fingerprint density at radius 1 is 1.21 bits per heavy atom. The lowest BCUT2D eigenvalue weighted by Gasteiger charge is -2.44. The number of nitrogens with one attached hydrogen (secondary N) is 1. The fourth-order valence-corrected chi connectivity index (χ4v) is 3.46. The number of carbonyl (C=O) groups is 1. The molecule has 108 valence electrons. The highest BCUT2D eigenvalue weighted by Crippen LogP contribution is 2.46. The number of rotatable bonds is 3. The molecule has 0 aromatic heterocycles. The number of hydrogen-bond donors (Lipinski definition) is 3. The molecule has 0 radical (unpaired) electrons.